The zero-order valence-electron chi connectivity index (χ0n) is 21.7. The van der Waals surface area contributed by atoms with Crippen LogP contribution in [0, 0.1) is 5.92 Å². The monoisotopic (exact) mass is 443 g/mol. The third-order valence-electron chi connectivity index (χ3n) is 6.98. The Morgan fingerprint density at radius 1 is 0.533 bits per heavy atom. The molecule has 0 aromatic heterocycles. The van der Waals surface area contributed by atoms with Crippen LogP contribution in [0.5, 0.6) is 0 Å². The molecule has 30 heavy (non-hydrogen) atoms. The van der Waals surface area contributed by atoms with Crippen LogP contribution in [0.1, 0.15) is 137 Å². The fourth-order valence-electron chi connectivity index (χ4n) is 5.12. The van der Waals surface area contributed by atoms with Gasteiger partial charge in [-0.1, -0.05) is 124 Å². The highest BCUT2D eigenvalue weighted by Gasteiger charge is 2.60. The molecule has 0 rings (SSSR count). The van der Waals surface area contributed by atoms with Crippen molar-refractivity contribution in [3.05, 3.63) is 5.92 Å². The molecule has 181 valence electrons. The summed E-state index contributed by atoms with van der Waals surface area (Å²) in [5.74, 6) is 1.40. The third-order valence-corrected chi connectivity index (χ3v) is 10.8. The lowest BCUT2D eigenvalue weighted by molar-refractivity contribution is 0.0848. The van der Waals surface area contributed by atoms with Crippen molar-refractivity contribution in [3.8, 4) is 0 Å². The van der Waals surface area contributed by atoms with Crippen molar-refractivity contribution >= 4 is 8.80 Å². The number of rotatable bonds is 22. The normalized spacial score (nSPS) is 14.4. The van der Waals surface area contributed by atoms with E-state index in [4.69, 9.17) is 13.3 Å². The van der Waals surface area contributed by atoms with Crippen molar-refractivity contribution in [3.63, 3.8) is 0 Å². The van der Waals surface area contributed by atoms with Gasteiger partial charge < -0.3 is 13.3 Å². The molecule has 0 N–H and O–H groups in total. The van der Waals surface area contributed by atoms with Gasteiger partial charge in [0.1, 0.15) is 0 Å². The first-order chi connectivity index (χ1) is 14.5. The molecule has 1 atom stereocenters. The maximum absolute atomic E-state index is 5.96. The van der Waals surface area contributed by atoms with Gasteiger partial charge in [-0.3, -0.25) is 0 Å². The van der Waals surface area contributed by atoms with Gasteiger partial charge in [-0.15, -0.1) is 0 Å². The van der Waals surface area contributed by atoms with Crippen LogP contribution in [0.15, 0.2) is 0 Å². The van der Waals surface area contributed by atoms with Crippen LogP contribution in [0.2, 0.25) is 5.04 Å². The molecule has 3 nitrogen and oxygen atoms in total. The molecule has 0 aromatic carbocycles. The van der Waals surface area contributed by atoms with Crippen molar-refractivity contribution in [2.24, 2.45) is 0 Å². The molecule has 0 saturated carbocycles. The molecule has 0 fully saturated rings. The first kappa shape index (κ1) is 30.1. The van der Waals surface area contributed by atoms with E-state index in [1.807, 2.05) is 0 Å². The Kier molecular flexibility index (Phi) is 18.7. The standard InChI is InChI=1S/C26H55O3Si/c1-8-10-11-12-13-14-15-16-17-18-19-20-21-22-24-26(23-9-2,25(3)4)30(27-5,28-6)29-7/h8-24H2,1-7H3. The summed E-state index contributed by atoms with van der Waals surface area (Å²) in [7, 11) is 2.56. The van der Waals surface area contributed by atoms with Crippen LogP contribution in [-0.4, -0.2) is 30.1 Å². The average molecular weight is 444 g/mol. The minimum absolute atomic E-state index is 0.0584. The Bertz CT molecular complexity index is 363. The maximum Gasteiger partial charge on any atom is 0.507 e. The van der Waals surface area contributed by atoms with E-state index < -0.39 is 8.80 Å². The molecule has 0 aliphatic rings. The largest absolute Gasteiger partial charge is 0.507 e. The first-order valence-corrected chi connectivity index (χ1v) is 14.7. The minimum atomic E-state index is -2.72. The summed E-state index contributed by atoms with van der Waals surface area (Å²) in [6.45, 7) is 9.01. The topological polar surface area (TPSA) is 27.7 Å². The molecular weight excluding hydrogens is 388 g/mol. The van der Waals surface area contributed by atoms with Gasteiger partial charge in [-0.05, 0) is 18.8 Å². The van der Waals surface area contributed by atoms with Crippen LogP contribution in [0.25, 0.3) is 0 Å². The van der Waals surface area contributed by atoms with E-state index in [-0.39, 0.29) is 5.04 Å². The lowest BCUT2D eigenvalue weighted by atomic mass is 9.85. The SMILES string of the molecule is CCCCCCCCCCCCCCCCC(CCC)([C](C)C)[Si](OC)(OC)OC. The predicted octanol–water partition coefficient (Wildman–Crippen LogP) is 8.89. The van der Waals surface area contributed by atoms with E-state index >= 15 is 0 Å². The van der Waals surface area contributed by atoms with Crippen LogP contribution in [0.3, 0.4) is 0 Å². The van der Waals surface area contributed by atoms with Gasteiger partial charge >= 0.3 is 8.80 Å². The lowest BCUT2D eigenvalue weighted by Crippen LogP contribution is -2.56. The van der Waals surface area contributed by atoms with Gasteiger partial charge in [-0.2, -0.15) is 0 Å². The fraction of sp³-hybridized carbons (Fsp3) is 0.962. The second-order valence-corrected chi connectivity index (χ2v) is 12.6. The Morgan fingerprint density at radius 3 is 1.20 bits per heavy atom. The quantitative estimate of drug-likeness (QED) is 0.123. The molecule has 1 radical (unpaired) electrons. The Labute approximate surface area is 191 Å². The summed E-state index contributed by atoms with van der Waals surface area (Å²) in [6.07, 6.45) is 22.8. The number of unbranched alkanes of at least 4 members (excludes halogenated alkanes) is 13. The van der Waals surface area contributed by atoms with E-state index in [0.717, 1.165) is 19.3 Å². The molecule has 4 heteroatoms. The first-order valence-electron chi connectivity index (χ1n) is 13.0. The van der Waals surface area contributed by atoms with E-state index in [1.54, 1.807) is 21.3 Å². The van der Waals surface area contributed by atoms with E-state index in [2.05, 4.69) is 27.7 Å². The van der Waals surface area contributed by atoms with Crippen LogP contribution in [-0.2, 0) is 13.3 Å². The Hall–Kier alpha value is 0.0969. The molecule has 0 aliphatic carbocycles. The van der Waals surface area contributed by atoms with Gasteiger partial charge in [0.25, 0.3) is 0 Å². The summed E-state index contributed by atoms with van der Waals surface area (Å²) in [5, 5.41) is -0.0584. The summed E-state index contributed by atoms with van der Waals surface area (Å²) in [5.41, 5.74) is 0. The third kappa shape index (κ3) is 10.1. The highest BCUT2D eigenvalue weighted by Crippen LogP contribution is 2.55. The summed E-state index contributed by atoms with van der Waals surface area (Å²) in [4.78, 5) is 0. The van der Waals surface area contributed by atoms with Gasteiger partial charge in [0.2, 0.25) is 0 Å². The van der Waals surface area contributed by atoms with E-state index in [1.165, 1.54) is 95.8 Å². The van der Waals surface area contributed by atoms with Gasteiger partial charge in [0, 0.05) is 26.4 Å². The highest BCUT2D eigenvalue weighted by atomic mass is 28.4. The lowest BCUT2D eigenvalue weighted by Gasteiger charge is -2.46. The summed E-state index contributed by atoms with van der Waals surface area (Å²) < 4.78 is 17.9. The molecule has 0 bridgehead atoms. The summed E-state index contributed by atoms with van der Waals surface area (Å²) in [6, 6.07) is 0. The van der Waals surface area contributed by atoms with E-state index in [9.17, 15) is 0 Å². The zero-order valence-corrected chi connectivity index (χ0v) is 22.7. The van der Waals surface area contributed by atoms with Crippen molar-refractivity contribution in [2.45, 2.75) is 142 Å². The maximum atomic E-state index is 5.96. The van der Waals surface area contributed by atoms with Crippen molar-refractivity contribution < 1.29 is 13.3 Å². The molecule has 0 aromatic rings. The van der Waals surface area contributed by atoms with Crippen LogP contribution < -0.4 is 0 Å². The zero-order chi connectivity index (χ0) is 22.7. The second kappa shape index (κ2) is 18.6. The minimum Gasteiger partial charge on any atom is -0.376 e. The average Bonchev–Trinajstić information content (AvgIpc) is 2.75. The molecule has 0 spiro atoms. The second-order valence-electron chi connectivity index (χ2n) is 9.35. The van der Waals surface area contributed by atoms with E-state index in [0.29, 0.717) is 0 Å². The molecule has 0 amide bonds. The smallest absolute Gasteiger partial charge is 0.376 e. The molecular formula is C26H55O3Si. The van der Waals surface area contributed by atoms with Gasteiger partial charge in [0.05, 0.1) is 0 Å². The van der Waals surface area contributed by atoms with Crippen molar-refractivity contribution in [2.75, 3.05) is 21.3 Å². The number of hydrogen-bond acceptors (Lipinski definition) is 3. The van der Waals surface area contributed by atoms with Crippen LogP contribution >= 0.6 is 0 Å². The molecule has 0 saturated heterocycles. The van der Waals surface area contributed by atoms with Gasteiger partial charge in [-0.25, -0.2) is 0 Å². The summed E-state index contributed by atoms with van der Waals surface area (Å²) >= 11 is 0. The van der Waals surface area contributed by atoms with Gasteiger partial charge in [0.15, 0.2) is 0 Å². The Balaban J connectivity index is 4.13. The number of hydrogen-bond donors (Lipinski definition) is 0. The molecule has 0 aliphatic heterocycles. The van der Waals surface area contributed by atoms with Crippen molar-refractivity contribution in [1.82, 2.24) is 0 Å². The molecule has 1 unspecified atom stereocenters. The fourth-order valence-corrected chi connectivity index (χ4v) is 8.45. The highest BCUT2D eigenvalue weighted by molar-refractivity contribution is 6.65. The van der Waals surface area contributed by atoms with Crippen molar-refractivity contribution in [1.29, 1.82) is 0 Å². The van der Waals surface area contributed by atoms with Crippen LogP contribution in [0.4, 0.5) is 0 Å². The molecule has 0 heterocycles. The Morgan fingerprint density at radius 2 is 0.900 bits per heavy atom. The predicted molar refractivity (Wildman–Crippen MR) is 134 cm³/mol.